The topological polar surface area (TPSA) is 71.1 Å². The lowest BCUT2D eigenvalue weighted by Crippen LogP contribution is -2.36. The summed E-state index contributed by atoms with van der Waals surface area (Å²) >= 11 is 1.48. The number of nitrogens with zero attached hydrogens (tertiary/aromatic N) is 3. The van der Waals surface area contributed by atoms with E-state index in [0.29, 0.717) is 12.3 Å². The molecule has 3 heterocycles. The molecule has 30 heavy (non-hydrogen) atoms. The molecule has 2 aromatic heterocycles. The van der Waals surface area contributed by atoms with Crippen LogP contribution in [-0.2, 0) is 11.3 Å². The number of rotatable bonds is 6. The molecule has 2 aromatic carbocycles. The van der Waals surface area contributed by atoms with Gasteiger partial charge >= 0.3 is 0 Å². The van der Waals surface area contributed by atoms with E-state index in [-0.39, 0.29) is 5.78 Å². The first-order valence-electron chi connectivity index (χ1n) is 10.1. The maximum absolute atomic E-state index is 12.9. The number of ether oxygens (including phenoxy) is 1. The van der Waals surface area contributed by atoms with Crippen molar-refractivity contribution in [2.45, 2.75) is 11.6 Å². The molecule has 4 aromatic rings. The van der Waals surface area contributed by atoms with E-state index in [1.54, 1.807) is 6.20 Å². The van der Waals surface area contributed by atoms with Gasteiger partial charge in [-0.25, -0.2) is 9.97 Å². The number of hydrogen-bond acceptors (Lipinski definition) is 6. The van der Waals surface area contributed by atoms with Crippen molar-refractivity contribution in [1.82, 2.24) is 19.9 Å². The number of H-pyrrole nitrogens is 1. The molecule has 0 saturated carbocycles. The van der Waals surface area contributed by atoms with Crippen molar-refractivity contribution in [2.24, 2.45) is 0 Å². The number of carbonyl (C=O) groups excluding carboxylic acids is 1. The highest BCUT2D eigenvalue weighted by molar-refractivity contribution is 8.00. The molecule has 0 bridgehead atoms. The van der Waals surface area contributed by atoms with Gasteiger partial charge in [0.15, 0.2) is 5.78 Å². The first-order chi connectivity index (χ1) is 14.8. The third kappa shape index (κ3) is 3.96. The van der Waals surface area contributed by atoms with E-state index in [1.165, 1.54) is 11.8 Å². The summed E-state index contributed by atoms with van der Waals surface area (Å²) in [4.78, 5) is 28.0. The number of hydrogen-bond donors (Lipinski definition) is 1. The summed E-state index contributed by atoms with van der Waals surface area (Å²) < 4.78 is 5.44. The van der Waals surface area contributed by atoms with Gasteiger partial charge in [0, 0.05) is 41.1 Å². The average molecular weight is 419 g/mol. The molecule has 1 aliphatic heterocycles. The molecule has 0 amide bonds. The van der Waals surface area contributed by atoms with Crippen LogP contribution in [-0.4, -0.2) is 57.7 Å². The molecule has 1 aliphatic rings. The Bertz CT molecular complexity index is 1200. The number of nitrogens with one attached hydrogen (secondary N) is 1. The maximum atomic E-state index is 12.9. The number of carbonyl (C=O) groups is 1. The third-order valence-corrected chi connectivity index (χ3v) is 6.30. The fraction of sp³-hybridized carbons (Fsp3) is 0.261. The number of benzene rings is 2. The van der Waals surface area contributed by atoms with Crippen LogP contribution in [0.2, 0.25) is 0 Å². The summed E-state index contributed by atoms with van der Waals surface area (Å²) in [5.41, 5.74) is 2.62. The second-order valence-electron chi connectivity index (χ2n) is 7.31. The molecule has 0 spiro atoms. The van der Waals surface area contributed by atoms with Crippen LogP contribution in [0.5, 0.6) is 0 Å². The van der Waals surface area contributed by atoms with Crippen LogP contribution in [0.15, 0.2) is 59.8 Å². The number of ketones is 1. The van der Waals surface area contributed by atoms with Crippen molar-refractivity contribution in [3.63, 3.8) is 0 Å². The largest absolute Gasteiger partial charge is 0.379 e. The lowest BCUT2D eigenvalue weighted by molar-refractivity contribution is 0.0330. The lowest BCUT2D eigenvalue weighted by atomic mass is 10.1. The molecule has 1 fully saturated rings. The molecule has 0 radical (unpaired) electrons. The summed E-state index contributed by atoms with van der Waals surface area (Å²) in [7, 11) is 0. The zero-order valence-corrected chi connectivity index (χ0v) is 17.3. The first-order valence-corrected chi connectivity index (χ1v) is 11.0. The van der Waals surface area contributed by atoms with Crippen molar-refractivity contribution in [3.8, 4) is 0 Å². The van der Waals surface area contributed by atoms with Gasteiger partial charge in [0.1, 0.15) is 10.9 Å². The van der Waals surface area contributed by atoms with E-state index in [2.05, 4.69) is 9.88 Å². The van der Waals surface area contributed by atoms with E-state index in [1.807, 2.05) is 48.5 Å². The second-order valence-corrected chi connectivity index (χ2v) is 8.27. The van der Waals surface area contributed by atoms with E-state index < -0.39 is 0 Å². The maximum Gasteiger partial charge on any atom is 0.175 e. The highest BCUT2D eigenvalue weighted by Crippen LogP contribution is 2.27. The average Bonchev–Trinajstić information content (AvgIpc) is 3.22. The number of para-hydroxylation sites is 2. The van der Waals surface area contributed by atoms with Crippen LogP contribution < -0.4 is 0 Å². The molecule has 1 saturated heterocycles. The van der Waals surface area contributed by atoms with E-state index >= 15 is 0 Å². The van der Waals surface area contributed by atoms with Crippen LogP contribution in [0.3, 0.4) is 0 Å². The number of Topliss-reactive ketones (excluding diaryl/α,β-unsaturated/α-hetero) is 1. The SMILES string of the molecule is O=C(CSc1nc(CN2CCOCC2)nc2ccccc12)c1c[nH]c2ccccc12. The Hall–Kier alpha value is -2.74. The first kappa shape index (κ1) is 19.2. The predicted molar refractivity (Wildman–Crippen MR) is 119 cm³/mol. The fourth-order valence-corrected chi connectivity index (χ4v) is 4.67. The molecule has 0 atom stereocenters. The van der Waals surface area contributed by atoms with Crippen molar-refractivity contribution in [1.29, 1.82) is 0 Å². The smallest absolute Gasteiger partial charge is 0.175 e. The van der Waals surface area contributed by atoms with Gasteiger partial charge in [-0.15, -0.1) is 0 Å². The minimum absolute atomic E-state index is 0.0925. The highest BCUT2D eigenvalue weighted by atomic mass is 32.2. The van der Waals surface area contributed by atoms with E-state index in [0.717, 1.165) is 64.5 Å². The van der Waals surface area contributed by atoms with Crippen molar-refractivity contribution in [3.05, 3.63) is 66.1 Å². The Morgan fingerprint density at radius 1 is 1.03 bits per heavy atom. The van der Waals surface area contributed by atoms with Gasteiger partial charge in [-0.3, -0.25) is 9.69 Å². The molecule has 152 valence electrons. The molecule has 0 unspecified atom stereocenters. The summed E-state index contributed by atoms with van der Waals surface area (Å²) in [6.07, 6.45) is 1.80. The molecule has 5 rings (SSSR count). The molecule has 6 nitrogen and oxygen atoms in total. The lowest BCUT2D eigenvalue weighted by Gasteiger charge is -2.25. The Kier molecular flexibility index (Phi) is 5.48. The number of aromatic amines is 1. The van der Waals surface area contributed by atoms with Gasteiger partial charge in [-0.2, -0.15) is 0 Å². The van der Waals surface area contributed by atoms with Crippen molar-refractivity contribution >= 4 is 39.4 Å². The molecule has 1 N–H and O–H groups in total. The van der Waals surface area contributed by atoms with Crippen LogP contribution in [0.1, 0.15) is 16.2 Å². The summed E-state index contributed by atoms with van der Waals surface area (Å²) in [6, 6.07) is 15.9. The van der Waals surface area contributed by atoms with Crippen molar-refractivity contribution in [2.75, 3.05) is 32.1 Å². The zero-order chi connectivity index (χ0) is 20.3. The van der Waals surface area contributed by atoms with E-state index in [4.69, 9.17) is 14.7 Å². The molecular formula is C23H22N4O2S. The highest BCUT2D eigenvalue weighted by Gasteiger charge is 2.17. The summed E-state index contributed by atoms with van der Waals surface area (Å²) in [5, 5.41) is 2.81. The van der Waals surface area contributed by atoms with Gasteiger partial charge in [0.2, 0.25) is 0 Å². The quantitative estimate of drug-likeness (QED) is 0.291. The minimum Gasteiger partial charge on any atom is -0.379 e. The predicted octanol–water partition coefficient (Wildman–Crippen LogP) is 3.92. The van der Waals surface area contributed by atoms with Crippen LogP contribution >= 0.6 is 11.8 Å². The fourth-order valence-electron chi connectivity index (χ4n) is 3.75. The van der Waals surface area contributed by atoms with Gasteiger partial charge in [0.05, 0.1) is 31.0 Å². The standard InChI is InChI=1S/C23H22N4O2S/c28-21(18-13-24-19-7-3-1-5-16(18)19)15-30-23-17-6-2-4-8-20(17)25-22(26-23)14-27-9-11-29-12-10-27/h1-8,13,24H,9-12,14-15H2. The van der Waals surface area contributed by atoms with Crippen LogP contribution in [0, 0.1) is 0 Å². The zero-order valence-electron chi connectivity index (χ0n) is 16.5. The molecule has 0 aliphatic carbocycles. The van der Waals surface area contributed by atoms with Gasteiger partial charge in [-0.05, 0) is 12.1 Å². The van der Waals surface area contributed by atoms with Gasteiger partial charge in [0.25, 0.3) is 0 Å². The Labute approximate surface area is 178 Å². The number of morpholine rings is 1. The Morgan fingerprint density at radius 2 is 1.80 bits per heavy atom. The number of fused-ring (bicyclic) bond motifs is 2. The van der Waals surface area contributed by atoms with Crippen molar-refractivity contribution < 1.29 is 9.53 Å². The van der Waals surface area contributed by atoms with Gasteiger partial charge < -0.3 is 9.72 Å². The second kappa shape index (κ2) is 8.55. The minimum atomic E-state index is 0.0925. The van der Waals surface area contributed by atoms with Crippen LogP contribution in [0.4, 0.5) is 0 Å². The van der Waals surface area contributed by atoms with Gasteiger partial charge in [-0.1, -0.05) is 48.2 Å². The normalized spacial score (nSPS) is 15.1. The third-order valence-electron chi connectivity index (χ3n) is 5.31. The van der Waals surface area contributed by atoms with Crippen LogP contribution in [0.25, 0.3) is 21.8 Å². The Balaban J connectivity index is 1.39. The molecule has 7 heteroatoms. The monoisotopic (exact) mass is 418 g/mol. The summed E-state index contributed by atoms with van der Waals surface area (Å²) in [6.45, 7) is 3.95. The number of thioether (sulfide) groups is 1. The molecular weight excluding hydrogens is 396 g/mol. The number of aromatic nitrogens is 3. The summed E-state index contributed by atoms with van der Waals surface area (Å²) in [5.74, 6) is 1.22. The Morgan fingerprint density at radius 3 is 2.67 bits per heavy atom. The van der Waals surface area contributed by atoms with E-state index in [9.17, 15) is 4.79 Å².